The van der Waals surface area contributed by atoms with Crippen LogP contribution in [-0.4, -0.2) is 30.4 Å². The van der Waals surface area contributed by atoms with Gasteiger partial charge in [-0.05, 0) is 61.9 Å². The summed E-state index contributed by atoms with van der Waals surface area (Å²) in [6, 6.07) is 13.8. The second kappa shape index (κ2) is 10.4. The number of aliphatic hydroxyl groups excluding tert-OH is 1. The van der Waals surface area contributed by atoms with Gasteiger partial charge in [-0.25, -0.2) is 0 Å². The van der Waals surface area contributed by atoms with Gasteiger partial charge in [0.1, 0.15) is 11.5 Å². The molecule has 0 heterocycles. The first kappa shape index (κ1) is 20.5. The molecule has 0 aliphatic carbocycles. The van der Waals surface area contributed by atoms with Gasteiger partial charge in [-0.3, -0.25) is 9.79 Å². The maximum atomic E-state index is 12.5. The van der Waals surface area contributed by atoms with Crippen LogP contribution < -0.4 is 10.1 Å². The number of ether oxygens (including phenoxy) is 1. The molecule has 0 unspecified atom stereocenters. The molecule has 2 aromatic rings. The van der Waals surface area contributed by atoms with E-state index < -0.39 is 0 Å². The van der Waals surface area contributed by atoms with Gasteiger partial charge in [0.2, 0.25) is 0 Å². The van der Waals surface area contributed by atoms with E-state index in [1.807, 2.05) is 13.8 Å². The van der Waals surface area contributed by atoms with E-state index in [2.05, 4.69) is 10.3 Å². The van der Waals surface area contributed by atoms with Gasteiger partial charge >= 0.3 is 0 Å². The molecule has 0 radical (unpaired) electrons. The molecule has 5 nitrogen and oxygen atoms in total. The molecular formula is C21H23ClN2O3. The quantitative estimate of drug-likeness (QED) is 0.383. The van der Waals surface area contributed by atoms with Crippen LogP contribution in [0.25, 0.3) is 5.76 Å². The highest BCUT2D eigenvalue weighted by molar-refractivity contribution is 6.30. The van der Waals surface area contributed by atoms with Gasteiger partial charge in [0.15, 0.2) is 0 Å². The zero-order valence-electron chi connectivity index (χ0n) is 15.4. The van der Waals surface area contributed by atoms with Gasteiger partial charge in [0.25, 0.3) is 5.91 Å². The van der Waals surface area contributed by atoms with Crippen molar-refractivity contribution >= 4 is 35.2 Å². The van der Waals surface area contributed by atoms with Crippen LogP contribution >= 0.6 is 11.6 Å². The number of amides is 1. The first-order valence-electron chi connectivity index (χ1n) is 8.79. The van der Waals surface area contributed by atoms with Crippen molar-refractivity contribution in [1.82, 2.24) is 5.32 Å². The number of aliphatic imine (C=N–C) groups is 1. The zero-order valence-corrected chi connectivity index (χ0v) is 16.2. The number of carbonyl (C=O) groups excluding carboxylic acids is 1. The lowest BCUT2D eigenvalue weighted by atomic mass is 10.1. The predicted molar refractivity (Wildman–Crippen MR) is 110 cm³/mol. The summed E-state index contributed by atoms with van der Waals surface area (Å²) in [5.74, 6) is 0.200. The molecule has 0 saturated carbocycles. The molecule has 2 aromatic carbocycles. The Hall–Kier alpha value is -2.79. The Balaban J connectivity index is 2.32. The van der Waals surface area contributed by atoms with Crippen LogP contribution in [0.15, 0.2) is 59.1 Å². The number of hydrogen-bond donors (Lipinski definition) is 2. The molecule has 0 fully saturated rings. The first-order valence-corrected chi connectivity index (χ1v) is 9.17. The van der Waals surface area contributed by atoms with Gasteiger partial charge < -0.3 is 15.2 Å². The topological polar surface area (TPSA) is 70.9 Å². The number of aliphatic hydroxyl groups is 1. The minimum atomic E-state index is -0.390. The van der Waals surface area contributed by atoms with Crippen molar-refractivity contribution in [3.63, 3.8) is 0 Å². The highest BCUT2D eigenvalue weighted by Crippen LogP contribution is 2.21. The Morgan fingerprint density at radius 2 is 1.81 bits per heavy atom. The number of hydrogen-bond acceptors (Lipinski definition) is 4. The van der Waals surface area contributed by atoms with Crippen molar-refractivity contribution in [3.8, 4) is 5.75 Å². The van der Waals surface area contributed by atoms with Crippen LogP contribution in [0.3, 0.4) is 0 Å². The maximum absolute atomic E-state index is 12.5. The first-order chi connectivity index (χ1) is 13.0. The number of rotatable bonds is 8. The van der Waals surface area contributed by atoms with Crippen molar-refractivity contribution in [2.75, 3.05) is 13.2 Å². The van der Waals surface area contributed by atoms with E-state index in [0.29, 0.717) is 29.4 Å². The van der Waals surface area contributed by atoms with E-state index in [1.165, 1.54) is 6.21 Å². The van der Waals surface area contributed by atoms with Crippen LogP contribution in [0.5, 0.6) is 5.75 Å². The monoisotopic (exact) mass is 386 g/mol. The normalized spacial score (nSPS) is 12.0. The van der Waals surface area contributed by atoms with Crippen LogP contribution in [0.2, 0.25) is 5.02 Å². The molecule has 142 valence electrons. The Kier molecular flexibility index (Phi) is 7.89. The molecule has 6 heteroatoms. The number of nitrogens with zero attached hydrogens (tertiary/aromatic N) is 1. The summed E-state index contributed by atoms with van der Waals surface area (Å²) in [5, 5.41) is 13.9. The van der Waals surface area contributed by atoms with Crippen molar-refractivity contribution in [2.24, 2.45) is 4.99 Å². The second-order valence-electron chi connectivity index (χ2n) is 5.71. The average molecular weight is 387 g/mol. The Bertz CT molecular complexity index is 812. The fourth-order valence-corrected chi connectivity index (χ4v) is 2.38. The zero-order chi connectivity index (χ0) is 19.6. The third-order valence-electron chi connectivity index (χ3n) is 3.64. The van der Waals surface area contributed by atoms with E-state index in [4.69, 9.17) is 16.3 Å². The minimum absolute atomic E-state index is 0.0830. The molecule has 0 saturated heterocycles. The van der Waals surface area contributed by atoms with E-state index >= 15 is 0 Å². The minimum Gasteiger partial charge on any atom is -0.506 e. The summed E-state index contributed by atoms with van der Waals surface area (Å²) < 4.78 is 5.40. The highest BCUT2D eigenvalue weighted by atomic mass is 35.5. The summed E-state index contributed by atoms with van der Waals surface area (Å²) >= 11 is 5.89. The van der Waals surface area contributed by atoms with E-state index in [9.17, 15) is 9.90 Å². The molecule has 0 bridgehead atoms. The summed E-state index contributed by atoms with van der Waals surface area (Å²) in [4.78, 5) is 16.8. The standard InChI is InChI=1S/C21H23ClN2O3/c1-3-13-23-21(26)19(20(25)15-5-7-16(22)8-6-15)14-24-17-9-11-18(12-10-17)27-4-2/h5-12,14,25H,3-4,13H2,1-2H3,(H,23,26). The fourth-order valence-electron chi connectivity index (χ4n) is 2.26. The van der Waals surface area contributed by atoms with Crippen molar-refractivity contribution in [1.29, 1.82) is 0 Å². The third kappa shape index (κ3) is 6.15. The largest absolute Gasteiger partial charge is 0.506 e. The van der Waals surface area contributed by atoms with Crippen molar-refractivity contribution in [2.45, 2.75) is 20.3 Å². The second-order valence-corrected chi connectivity index (χ2v) is 6.15. The molecule has 1 amide bonds. The maximum Gasteiger partial charge on any atom is 0.256 e. The molecular weight excluding hydrogens is 364 g/mol. The summed E-state index contributed by atoms with van der Waals surface area (Å²) in [7, 11) is 0. The number of benzene rings is 2. The average Bonchev–Trinajstić information content (AvgIpc) is 2.68. The molecule has 2 rings (SSSR count). The fraction of sp³-hybridized carbons (Fsp3) is 0.238. The SMILES string of the molecule is CCCNC(=O)C(C=Nc1ccc(OCC)cc1)=C(O)c1ccc(Cl)cc1. The Labute approximate surface area is 164 Å². The van der Waals surface area contributed by atoms with Gasteiger partial charge in [0.05, 0.1) is 17.9 Å². The van der Waals surface area contributed by atoms with Gasteiger partial charge in [-0.2, -0.15) is 0 Å². The predicted octanol–water partition coefficient (Wildman–Crippen LogP) is 4.94. The molecule has 0 aliphatic heterocycles. The number of halogens is 1. The van der Waals surface area contributed by atoms with Crippen LogP contribution in [0.4, 0.5) is 5.69 Å². The summed E-state index contributed by atoms with van der Waals surface area (Å²) in [6.45, 7) is 4.96. The van der Waals surface area contributed by atoms with Crippen LogP contribution in [-0.2, 0) is 4.79 Å². The van der Waals surface area contributed by atoms with Crippen molar-refractivity contribution in [3.05, 3.63) is 64.7 Å². The lowest BCUT2D eigenvalue weighted by molar-refractivity contribution is -0.116. The van der Waals surface area contributed by atoms with Gasteiger partial charge in [0, 0.05) is 23.3 Å². The van der Waals surface area contributed by atoms with E-state index in [1.54, 1.807) is 48.5 Å². The van der Waals surface area contributed by atoms with Crippen LogP contribution in [0, 0.1) is 0 Å². The smallest absolute Gasteiger partial charge is 0.256 e. The summed E-state index contributed by atoms with van der Waals surface area (Å²) in [5.41, 5.74) is 1.21. The molecule has 0 aliphatic rings. The molecule has 0 spiro atoms. The Morgan fingerprint density at radius 3 is 2.41 bits per heavy atom. The molecule has 0 aromatic heterocycles. The lowest BCUT2D eigenvalue weighted by Crippen LogP contribution is -2.27. The molecule has 2 N–H and O–H groups in total. The lowest BCUT2D eigenvalue weighted by Gasteiger charge is -2.08. The van der Waals surface area contributed by atoms with Gasteiger partial charge in [-0.1, -0.05) is 18.5 Å². The van der Waals surface area contributed by atoms with Crippen molar-refractivity contribution < 1.29 is 14.6 Å². The summed E-state index contributed by atoms with van der Waals surface area (Å²) in [6.07, 6.45) is 2.15. The van der Waals surface area contributed by atoms with Crippen LogP contribution in [0.1, 0.15) is 25.8 Å². The number of nitrogens with one attached hydrogen (secondary N) is 1. The third-order valence-corrected chi connectivity index (χ3v) is 3.90. The molecule has 0 atom stereocenters. The Morgan fingerprint density at radius 1 is 1.15 bits per heavy atom. The van der Waals surface area contributed by atoms with Gasteiger partial charge in [-0.15, -0.1) is 0 Å². The highest BCUT2D eigenvalue weighted by Gasteiger charge is 2.14. The van der Waals surface area contributed by atoms with E-state index in [0.717, 1.165) is 12.2 Å². The number of carbonyl (C=O) groups is 1. The molecule has 27 heavy (non-hydrogen) atoms. The van der Waals surface area contributed by atoms with E-state index in [-0.39, 0.29) is 17.2 Å².